The Balaban J connectivity index is 2.36. The van der Waals surface area contributed by atoms with Gasteiger partial charge in [-0.2, -0.15) is 5.10 Å². The zero-order chi connectivity index (χ0) is 14.0. The maximum atomic E-state index is 10.9. The number of aryl methyl sites for hydroxylation is 2. The monoisotopic (exact) mass is 261 g/mol. The molecule has 2 rings (SSSR count). The van der Waals surface area contributed by atoms with Crippen LogP contribution in [0.3, 0.4) is 0 Å². The number of nitrogens with zero attached hydrogens (tertiary/aromatic N) is 3. The van der Waals surface area contributed by atoms with Gasteiger partial charge in [-0.15, -0.1) is 0 Å². The Kier molecular flexibility index (Phi) is 3.37. The first kappa shape index (κ1) is 12.9. The lowest BCUT2D eigenvalue weighted by atomic mass is 10.2. The fraction of sp³-hybridized carbons (Fsp3) is 0.250. The fourth-order valence-corrected chi connectivity index (χ4v) is 1.81. The summed E-state index contributed by atoms with van der Waals surface area (Å²) >= 11 is 0. The molecule has 0 aliphatic rings. The van der Waals surface area contributed by atoms with Crippen LogP contribution in [0.4, 0.5) is 22.7 Å². The van der Waals surface area contributed by atoms with Crippen LogP contribution < -0.4 is 10.6 Å². The number of rotatable bonds is 4. The van der Waals surface area contributed by atoms with Gasteiger partial charge in [0, 0.05) is 43.8 Å². The van der Waals surface area contributed by atoms with Crippen LogP contribution >= 0.6 is 0 Å². The number of nitrogens with one attached hydrogen (secondary N) is 2. The van der Waals surface area contributed by atoms with E-state index in [9.17, 15) is 10.1 Å². The molecule has 19 heavy (non-hydrogen) atoms. The molecular formula is C12H15N5O2. The molecule has 0 aliphatic carbocycles. The first-order valence-electron chi connectivity index (χ1n) is 5.74. The summed E-state index contributed by atoms with van der Waals surface area (Å²) < 4.78 is 1.69. The Morgan fingerprint density at radius 3 is 2.53 bits per heavy atom. The number of nitro benzene ring substituents is 1. The Morgan fingerprint density at radius 2 is 2.00 bits per heavy atom. The van der Waals surface area contributed by atoms with Gasteiger partial charge in [0.1, 0.15) is 0 Å². The van der Waals surface area contributed by atoms with Crippen molar-refractivity contribution in [3.63, 3.8) is 0 Å². The van der Waals surface area contributed by atoms with Gasteiger partial charge in [-0.3, -0.25) is 14.8 Å². The Labute approximate surface area is 110 Å². The zero-order valence-corrected chi connectivity index (χ0v) is 11.0. The Morgan fingerprint density at radius 1 is 1.32 bits per heavy atom. The summed E-state index contributed by atoms with van der Waals surface area (Å²) in [7, 11) is 3.54. The zero-order valence-electron chi connectivity index (χ0n) is 11.0. The number of hydrogen-bond donors (Lipinski definition) is 2. The van der Waals surface area contributed by atoms with Gasteiger partial charge in [0.05, 0.1) is 16.3 Å². The predicted molar refractivity (Wildman–Crippen MR) is 73.9 cm³/mol. The van der Waals surface area contributed by atoms with Crippen molar-refractivity contribution in [1.29, 1.82) is 0 Å². The van der Waals surface area contributed by atoms with Gasteiger partial charge in [0.2, 0.25) is 0 Å². The van der Waals surface area contributed by atoms with E-state index in [1.165, 1.54) is 12.1 Å². The summed E-state index contributed by atoms with van der Waals surface area (Å²) in [5.41, 5.74) is 3.02. The minimum absolute atomic E-state index is 0.0379. The average Bonchev–Trinajstić information content (AvgIpc) is 2.67. The number of anilines is 3. The fourth-order valence-electron chi connectivity index (χ4n) is 1.81. The van der Waals surface area contributed by atoms with Crippen LogP contribution in [-0.2, 0) is 7.05 Å². The van der Waals surface area contributed by atoms with Crippen LogP contribution in [0.5, 0.6) is 0 Å². The topological polar surface area (TPSA) is 85.0 Å². The SMILES string of the molecule is CNc1cc(Nc2cn(C)nc2C)cc([N+](=O)[O-])c1. The molecule has 1 aromatic carbocycles. The van der Waals surface area contributed by atoms with E-state index in [1.807, 2.05) is 20.2 Å². The summed E-state index contributed by atoms with van der Waals surface area (Å²) in [5, 5.41) is 21.1. The summed E-state index contributed by atoms with van der Waals surface area (Å²) in [6.45, 7) is 1.87. The third kappa shape index (κ3) is 2.82. The second kappa shape index (κ2) is 4.97. The highest BCUT2D eigenvalue weighted by molar-refractivity contribution is 5.69. The molecule has 0 fully saturated rings. The lowest BCUT2D eigenvalue weighted by Gasteiger charge is -2.07. The lowest BCUT2D eigenvalue weighted by molar-refractivity contribution is -0.384. The molecule has 100 valence electrons. The molecule has 0 aliphatic heterocycles. The lowest BCUT2D eigenvalue weighted by Crippen LogP contribution is -1.97. The number of aromatic nitrogens is 2. The van der Waals surface area contributed by atoms with Crippen LogP contribution in [0.25, 0.3) is 0 Å². The molecule has 1 heterocycles. The molecule has 0 atom stereocenters. The Hall–Kier alpha value is -2.57. The van der Waals surface area contributed by atoms with E-state index >= 15 is 0 Å². The number of non-ortho nitro benzene ring substituents is 1. The number of nitro groups is 1. The molecule has 1 aromatic heterocycles. The third-order valence-corrected chi connectivity index (χ3v) is 2.71. The summed E-state index contributed by atoms with van der Waals surface area (Å²) in [6.07, 6.45) is 1.83. The van der Waals surface area contributed by atoms with Crippen LogP contribution in [0.15, 0.2) is 24.4 Å². The average molecular weight is 261 g/mol. The van der Waals surface area contributed by atoms with Gasteiger partial charge in [-0.05, 0) is 13.0 Å². The maximum Gasteiger partial charge on any atom is 0.273 e. The molecule has 2 N–H and O–H groups in total. The molecule has 7 nitrogen and oxygen atoms in total. The quantitative estimate of drug-likeness (QED) is 0.652. The molecule has 0 saturated heterocycles. The van der Waals surface area contributed by atoms with Crippen molar-refractivity contribution in [2.45, 2.75) is 6.92 Å². The van der Waals surface area contributed by atoms with Crippen molar-refractivity contribution < 1.29 is 4.92 Å². The molecule has 0 unspecified atom stereocenters. The van der Waals surface area contributed by atoms with E-state index in [1.54, 1.807) is 17.8 Å². The molecule has 0 bridgehead atoms. The highest BCUT2D eigenvalue weighted by Crippen LogP contribution is 2.27. The minimum atomic E-state index is -0.415. The van der Waals surface area contributed by atoms with Crippen LogP contribution in [0.1, 0.15) is 5.69 Å². The third-order valence-electron chi connectivity index (χ3n) is 2.71. The second-order valence-electron chi connectivity index (χ2n) is 4.20. The molecule has 0 radical (unpaired) electrons. The number of benzene rings is 1. The van der Waals surface area contributed by atoms with Crippen molar-refractivity contribution in [3.05, 3.63) is 40.2 Å². The smallest absolute Gasteiger partial charge is 0.273 e. The molecule has 2 aromatic rings. The van der Waals surface area contributed by atoms with Gasteiger partial charge in [-0.1, -0.05) is 0 Å². The highest BCUT2D eigenvalue weighted by atomic mass is 16.6. The molecular weight excluding hydrogens is 246 g/mol. The van der Waals surface area contributed by atoms with E-state index in [0.717, 1.165) is 11.4 Å². The van der Waals surface area contributed by atoms with E-state index in [2.05, 4.69) is 15.7 Å². The van der Waals surface area contributed by atoms with Gasteiger partial charge < -0.3 is 10.6 Å². The van der Waals surface area contributed by atoms with E-state index in [4.69, 9.17) is 0 Å². The molecule has 0 amide bonds. The van der Waals surface area contributed by atoms with Crippen molar-refractivity contribution in [2.24, 2.45) is 7.05 Å². The van der Waals surface area contributed by atoms with Crippen molar-refractivity contribution >= 4 is 22.7 Å². The standard InChI is InChI=1S/C12H15N5O2/c1-8-12(7-16(3)15-8)14-10-4-9(13-2)5-11(6-10)17(18)19/h4-7,13-14H,1-3H3. The summed E-state index contributed by atoms with van der Waals surface area (Å²) in [4.78, 5) is 10.5. The van der Waals surface area contributed by atoms with Gasteiger partial charge >= 0.3 is 0 Å². The molecule has 0 spiro atoms. The van der Waals surface area contributed by atoms with Crippen molar-refractivity contribution in [2.75, 3.05) is 17.7 Å². The van der Waals surface area contributed by atoms with Crippen molar-refractivity contribution in [3.8, 4) is 0 Å². The van der Waals surface area contributed by atoms with Gasteiger partial charge in [-0.25, -0.2) is 0 Å². The first-order valence-corrected chi connectivity index (χ1v) is 5.74. The van der Waals surface area contributed by atoms with Crippen molar-refractivity contribution in [1.82, 2.24) is 9.78 Å². The normalized spacial score (nSPS) is 10.3. The van der Waals surface area contributed by atoms with E-state index in [0.29, 0.717) is 11.4 Å². The summed E-state index contributed by atoms with van der Waals surface area (Å²) in [5.74, 6) is 0. The predicted octanol–water partition coefficient (Wildman–Crippen LogP) is 2.42. The highest BCUT2D eigenvalue weighted by Gasteiger charge is 2.11. The first-order chi connectivity index (χ1) is 8.99. The number of hydrogen-bond acceptors (Lipinski definition) is 5. The van der Waals surface area contributed by atoms with E-state index in [-0.39, 0.29) is 5.69 Å². The van der Waals surface area contributed by atoms with Crippen LogP contribution in [-0.4, -0.2) is 21.8 Å². The maximum absolute atomic E-state index is 10.9. The second-order valence-corrected chi connectivity index (χ2v) is 4.20. The van der Waals surface area contributed by atoms with E-state index < -0.39 is 4.92 Å². The minimum Gasteiger partial charge on any atom is -0.388 e. The van der Waals surface area contributed by atoms with Crippen LogP contribution in [0.2, 0.25) is 0 Å². The Bertz CT molecular complexity index is 621. The van der Waals surface area contributed by atoms with Crippen LogP contribution in [0, 0.1) is 17.0 Å². The largest absolute Gasteiger partial charge is 0.388 e. The molecule has 7 heteroatoms. The van der Waals surface area contributed by atoms with Gasteiger partial charge in [0.15, 0.2) is 0 Å². The van der Waals surface area contributed by atoms with Gasteiger partial charge in [0.25, 0.3) is 5.69 Å². The molecule has 0 saturated carbocycles. The summed E-state index contributed by atoms with van der Waals surface area (Å²) in [6, 6.07) is 4.79.